The highest BCUT2D eigenvalue weighted by Gasteiger charge is 2.30. The minimum absolute atomic E-state index is 0.167. The Morgan fingerprint density at radius 2 is 2.12 bits per heavy atom. The number of rotatable bonds is 6. The maximum absolute atomic E-state index is 12.6. The third-order valence-electron chi connectivity index (χ3n) is 3.98. The number of hydrogen-bond donors (Lipinski definition) is 2. The van der Waals surface area contributed by atoms with Gasteiger partial charge in [0.05, 0.1) is 17.9 Å². The summed E-state index contributed by atoms with van der Waals surface area (Å²) in [7, 11) is 0. The molecule has 1 aliphatic rings. The first-order valence-electron chi connectivity index (χ1n) is 8.35. The normalized spacial score (nSPS) is 15.7. The average Bonchev–Trinajstić information content (AvgIpc) is 2.64. The molecule has 0 fully saturated rings. The number of thioether (sulfide) groups is 1. The Morgan fingerprint density at radius 1 is 1.35 bits per heavy atom. The number of amides is 1. The number of anilines is 1. The van der Waals surface area contributed by atoms with Crippen LogP contribution < -0.4 is 15.6 Å². The quantitative estimate of drug-likeness (QED) is 0.465. The Hall–Kier alpha value is -2.72. The van der Waals surface area contributed by atoms with Gasteiger partial charge in [-0.05, 0) is 24.1 Å². The van der Waals surface area contributed by atoms with E-state index in [1.807, 2.05) is 31.2 Å². The van der Waals surface area contributed by atoms with Crippen molar-refractivity contribution in [2.45, 2.75) is 30.8 Å². The highest BCUT2D eigenvalue weighted by molar-refractivity contribution is 7.99. The smallest absolute Gasteiger partial charge is 0.257 e. The van der Waals surface area contributed by atoms with Gasteiger partial charge in [0.25, 0.3) is 5.56 Å². The summed E-state index contributed by atoms with van der Waals surface area (Å²) in [6.07, 6.45) is 6.37. The maximum atomic E-state index is 12.6. The molecule has 0 saturated carbocycles. The van der Waals surface area contributed by atoms with Gasteiger partial charge in [-0.15, -0.1) is 6.42 Å². The van der Waals surface area contributed by atoms with Gasteiger partial charge in [-0.1, -0.05) is 36.7 Å². The fourth-order valence-corrected chi connectivity index (χ4v) is 3.37. The lowest BCUT2D eigenvalue weighted by atomic mass is 9.87. The molecule has 2 heterocycles. The van der Waals surface area contributed by atoms with Gasteiger partial charge in [-0.3, -0.25) is 9.59 Å². The molecule has 134 valence electrons. The molecule has 1 atom stereocenters. The number of benzene rings is 1. The molecule has 0 saturated heterocycles. The Balaban J connectivity index is 1.94. The standard InChI is InChI=1S/C19H19N3O3S/c1-3-9-25-13-7-5-12(6-8-13)14-11-15(23)20-17-16(14)18(24)22-19(21-17)26-10-4-2/h2,5-8,14H,3,9-11H2,1H3,(H2,20,21,22,23,24)/t14-/m0/s1. The number of carbonyl (C=O) groups is 1. The lowest BCUT2D eigenvalue weighted by Crippen LogP contribution is -2.31. The summed E-state index contributed by atoms with van der Waals surface area (Å²) in [5.74, 6) is 3.43. The molecule has 1 aromatic heterocycles. The van der Waals surface area contributed by atoms with Gasteiger partial charge in [-0.2, -0.15) is 0 Å². The van der Waals surface area contributed by atoms with Crippen molar-refractivity contribution in [2.24, 2.45) is 0 Å². The van der Waals surface area contributed by atoms with Gasteiger partial charge in [0.15, 0.2) is 5.16 Å². The number of aromatic amines is 1. The van der Waals surface area contributed by atoms with Crippen LogP contribution in [-0.4, -0.2) is 28.2 Å². The van der Waals surface area contributed by atoms with Crippen LogP contribution in [0.25, 0.3) is 0 Å². The summed E-state index contributed by atoms with van der Waals surface area (Å²) in [5.41, 5.74) is 1.09. The van der Waals surface area contributed by atoms with Crippen molar-refractivity contribution in [3.63, 3.8) is 0 Å². The van der Waals surface area contributed by atoms with Gasteiger partial charge in [-0.25, -0.2) is 4.98 Å². The van der Waals surface area contributed by atoms with Crippen LogP contribution in [0.4, 0.5) is 5.82 Å². The van der Waals surface area contributed by atoms with E-state index in [2.05, 4.69) is 21.2 Å². The second kappa shape index (κ2) is 8.11. The molecule has 0 aliphatic carbocycles. The first kappa shape index (κ1) is 18.1. The van der Waals surface area contributed by atoms with Crippen molar-refractivity contribution >= 4 is 23.5 Å². The summed E-state index contributed by atoms with van der Waals surface area (Å²) in [6, 6.07) is 7.49. The number of ether oxygens (including phenoxy) is 1. The third-order valence-corrected chi connectivity index (χ3v) is 4.75. The second-order valence-corrected chi connectivity index (χ2v) is 6.81. The van der Waals surface area contributed by atoms with Crippen molar-refractivity contribution in [3.05, 3.63) is 45.7 Å². The number of nitrogens with one attached hydrogen (secondary N) is 2. The molecular weight excluding hydrogens is 350 g/mol. The topological polar surface area (TPSA) is 84.1 Å². The summed E-state index contributed by atoms with van der Waals surface area (Å²) in [4.78, 5) is 31.8. The van der Waals surface area contributed by atoms with Gasteiger partial charge < -0.3 is 15.0 Å². The van der Waals surface area contributed by atoms with E-state index in [0.29, 0.717) is 28.9 Å². The highest BCUT2D eigenvalue weighted by atomic mass is 32.2. The minimum Gasteiger partial charge on any atom is -0.494 e. The van der Waals surface area contributed by atoms with E-state index in [4.69, 9.17) is 11.2 Å². The molecule has 3 rings (SSSR count). The number of H-pyrrole nitrogens is 1. The Morgan fingerprint density at radius 3 is 2.81 bits per heavy atom. The molecule has 1 amide bonds. The molecule has 1 aliphatic heterocycles. The zero-order chi connectivity index (χ0) is 18.5. The fraction of sp³-hybridized carbons (Fsp3) is 0.316. The van der Waals surface area contributed by atoms with Gasteiger partial charge in [0.2, 0.25) is 5.91 Å². The number of carbonyl (C=O) groups excluding carboxylic acids is 1. The second-order valence-electron chi connectivity index (χ2n) is 5.85. The number of aromatic nitrogens is 2. The summed E-state index contributed by atoms with van der Waals surface area (Å²) in [6.45, 7) is 2.69. The van der Waals surface area contributed by atoms with Gasteiger partial charge in [0, 0.05) is 12.3 Å². The van der Waals surface area contributed by atoms with E-state index in [9.17, 15) is 9.59 Å². The monoisotopic (exact) mass is 369 g/mol. The van der Waals surface area contributed by atoms with Crippen molar-refractivity contribution < 1.29 is 9.53 Å². The largest absolute Gasteiger partial charge is 0.494 e. The minimum atomic E-state index is -0.345. The van der Waals surface area contributed by atoms with E-state index >= 15 is 0 Å². The van der Waals surface area contributed by atoms with Crippen molar-refractivity contribution in [1.29, 1.82) is 0 Å². The van der Waals surface area contributed by atoms with E-state index in [1.165, 1.54) is 11.8 Å². The van der Waals surface area contributed by atoms with Crippen LogP contribution in [0.15, 0.2) is 34.2 Å². The summed E-state index contributed by atoms with van der Waals surface area (Å²) in [5, 5.41) is 3.10. The van der Waals surface area contributed by atoms with Gasteiger partial charge >= 0.3 is 0 Å². The predicted molar refractivity (Wildman–Crippen MR) is 102 cm³/mol. The highest BCUT2D eigenvalue weighted by Crippen LogP contribution is 2.35. The van der Waals surface area contributed by atoms with Crippen LogP contribution in [0.1, 0.15) is 36.8 Å². The van der Waals surface area contributed by atoms with Crippen LogP contribution in [-0.2, 0) is 4.79 Å². The number of terminal acetylenes is 1. The zero-order valence-corrected chi connectivity index (χ0v) is 15.2. The van der Waals surface area contributed by atoms with Gasteiger partial charge in [0.1, 0.15) is 11.6 Å². The van der Waals surface area contributed by atoms with Crippen LogP contribution in [0.5, 0.6) is 5.75 Å². The van der Waals surface area contributed by atoms with E-state index < -0.39 is 0 Å². The summed E-state index contributed by atoms with van der Waals surface area (Å²) < 4.78 is 5.59. The zero-order valence-electron chi connectivity index (χ0n) is 14.4. The lowest BCUT2D eigenvalue weighted by molar-refractivity contribution is -0.116. The number of hydrogen-bond acceptors (Lipinski definition) is 5. The first-order valence-corrected chi connectivity index (χ1v) is 9.34. The molecule has 2 N–H and O–H groups in total. The van der Waals surface area contributed by atoms with Crippen LogP contribution in [0, 0.1) is 12.3 Å². The molecular formula is C19H19N3O3S. The molecule has 0 radical (unpaired) electrons. The van der Waals surface area contributed by atoms with Crippen LogP contribution in [0.2, 0.25) is 0 Å². The Labute approximate surface area is 155 Å². The molecule has 0 spiro atoms. The molecule has 0 unspecified atom stereocenters. The van der Waals surface area contributed by atoms with Crippen molar-refractivity contribution in [3.8, 4) is 18.1 Å². The average molecular weight is 369 g/mol. The van der Waals surface area contributed by atoms with E-state index in [-0.39, 0.29) is 23.8 Å². The summed E-state index contributed by atoms with van der Waals surface area (Å²) >= 11 is 1.24. The number of nitrogens with zero attached hydrogens (tertiary/aromatic N) is 1. The Bertz CT molecular complexity index is 900. The first-order chi connectivity index (χ1) is 12.6. The Kier molecular flexibility index (Phi) is 5.64. The number of fused-ring (bicyclic) bond motifs is 1. The lowest BCUT2D eigenvalue weighted by Gasteiger charge is -2.24. The molecule has 1 aromatic carbocycles. The molecule has 2 aromatic rings. The van der Waals surface area contributed by atoms with Crippen LogP contribution in [0.3, 0.4) is 0 Å². The molecule has 6 nitrogen and oxygen atoms in total. The van der Waals surface area contributed by atoms with E-state index in [1.54, 1.807) is 0 Å². The van der Waals surface area contributed by atoms with Crippen LogP contribution >= 0.6 is 11.8 Å². The van der Waals surface area contributed by atoms with Crippen molar-refractivity contribution in [1.82, 2.24) is 9.97 Å². The maximum Gasteiger partial charge on any atom is 0.257 e. The molecule has 7 heteroatoms. The third kappa shape index (κ3) is 3.92. The van der Waals surface area contributed by atoms with E-state index in [0.717, 1.165) is 17.7 Å². The fourth-order valence-electron chi connectivity index (χ4n) is 2.83. The predicted octanol–water partition coefficient (Wildman–Crippen LogP) is 2.76. The van der Waals surface area contributed by atoms with Crippen molar-refractivity contribution in [2.75, 3.05) is 17.7 Å². The molecule has 26 heavy (non-hydrogen) atoms. The molecule has 0 bridgehead atoms. The SMILES string of the molecule is C#CCSc1nc2c(c(=O)[nH]1)[C@H](c1ccc(OCCC)cc1)CC(=O)N2.